The Morgan fingerprint density at radius 1 is 1.17 bits per heavy atom. The van der Waals surface area contributed by atoms with Crippen molar-refractivity contribution >= 4 is 28.7 Å². The van der Waals surface area contributed by atoms with Crippen LogP contribution in [0.1, 0.15) is 38.1 Å². The van der Waals surface area contributed by atoms with Crippen LogP contribution in [0.5, 0.6) is 0 Å². The third-order valence-corrected chi connectivity index (χ3v) is 5.46. The lowest BCUT2D eigenvalue weighted by molar-refractivity contribution is -0.150. The van der Waals surface area contributed by atoms with Crippen LogP contribution < -0.4 is 5.56 Å². The van der Waals surface area contributed by atoms with E-state index in [1.54, 1.807) is 31.2 Å². The number of esters is 1. The number of carbonyl (C=O) groups is 3. The minimum atomic E-state index is -0.767. The predicted molar refractivity (Wildman–Crippen MR) is 104 cm³/mol. The Balaban J connectivity index is 1.38. The second kappa shape index (κ2) is 7.62. The van der Waals surface area contributed by atoms with Crippen LogP contribution >= 0.6 is 0 Å². The van der Waals surface area contributed by atoms with Crippen molar-refractivity contribution in [2.45, 2.75) is 32.3 Å². The Bertz CT molecular complexity index is 1050. The van der Waals surface area contributed by atoms with Gasteiger partial charge in [0.15, 0.2) is 11.9 Å². The lowest BCUT2D eigenvalue weighted by Crippen LogP contribution is -2.33. The number of nitrogens with one attached hydrogen (secondary N) is 1. The number of amides is 2. The van der Waals surface area contributed by atoms with E-state index >= 15 is 0 Å². The van der Waals surface area contributed by atoms with Crippen LogP contribution in [-0.4, -0.2) is 39.2 Å². The number of carbonyl (C=O) groups excluding carboxylic acids is 3. The first-order valence-electron chi connectivity index (χ1n) is 9.64. The standard InChI is InChI=1S/C21H21N3O5/c1-12(18-22-16-9-5-4-8-15(16)19(26)23-18)29-17(25)10-11-24-20(27)13-6-2-3-7-14(13)21(24)28/h2-5,8-9,12-14H,6-7,10-11H2,1H3,(H,22,23,26)/t12-,13-,14-/m0/s1. The van der Waals surface area contributed by atoms with Gasteiger partial charge in [0.1, 0.15) is 0 Å². The third kappa shape index (κ3) is 3.57. The molecule has 1 aromatic heterocycles. The van der Waals surface area contributed by atoms with Gasteiger partial charge in [-0.05, 0) is 31.9 Å². The van der Waals surface area contributed by atoms with Gasteiger partial charge in [-0.2, -0.15) is 0 Å². The molecule has 1 N–H and O–H groups in total. The maximum atomic E-state index is 12.4. The minimum Gasteiger partial charge on any atom is -0.454 e. The molecule has 0 radical (unpaired) electrons. The number of aromatic amines is 1. The van der Waals surface area contributed by atoms with Crippen molar-refractivity contribution in [2.75, 3.05) is 6.54 Å². The molecule has 0 unspecified atom stereocenters. The molecular weight excluding hydrogens is 374 g/mol. The van der Waals surface area contributed by atoms with E-state index in [0.29, 0.717) is 23.7 Å². The predicted octanol–water partition coefficient (Wildman–Crippen LogP) is 1.87. The van der Waals surface area contributed by atoms with Crippen molar-refractivity contribution in [1.29, 1.82) is 0 Å². The molecule has 8 heteroatoms. The highest BCUT2D eigenvalue weighted by Gasteiger charge is 2.46. The number of hydrogen-bond acceptors (Lipinski definition) is 6. The van der Waals surface area contributed by atoms with Crippen molar-refractivity contribution < 1.29 is 19.1 Å². The van der Waals surface area contributed by atoms with Gasteiger partial charge >= 0.3 is 5.97 Å². The number of rotatable bonds is 5. The smallest absolute Gasteiger partial charge is 0.308 e. The van der Waals surface area contributed by atoms with E-state index in [4.69, 9.17) is 4.74 Å². The molecular formula is C21H21N3O5. The summed E-state index contributed by atoms with van der Waals surface area (Å²) in [6, 6.07) is 6.89. The molecule has 1 aliphatic carbocycles. The average Bonchev–Trinajstić information content (AvgIpc) is 2.97. The normalized spacial score (nSPS) is 22.0. The highest BCUT2D eigenvalue weighted by Crippen LogP contribution is 2.35. The topological polar surface area (TPSA) is 109 Å². The van der Waals surface area contributed by atoms with Crippen LogP contribution in [0.4, 0.5) is 0 Å². The molecule has 150 valence electrons. The molecule has 0 saturated carbocycles. The van der Waals surface area contributed by atoms with Gasteiger partial charge in [-0.25, -0.2) is 4.98 Å². The molecule has 4 rings (SSSR count). The van der Waals surface area contributed by atoms with E-state index in [9.17, 15) is 19.2 Å². The number of H-pyrrole nitrogens is 1. The van der Waals surface area contributed by atoms with Crippen LogP contribution in [0.2, 0.25) is 0 Å². The number of fused-ring (bicyclic) bond motifs is 2. The van der Waals surface area contributed by atoms with Crippen molar-refractivity contribution in [1.82, 2.24) is 14.9 Å². The van der Waals surface area contributed by atoms with Gasteiger partial charge in [0.2, 0.25) is 11.8 Å². The van der Waals surface area contributed by atoms with E-state index in [0.717, 1.165) is 0 Å². The second-order valence-electron chi connectivity index (χ2n) is 7.33. The highest BCUT2D eigenvalue weighted by atomic mass is 16.5. The summed E-state index contributed by atoms with van der Waals surface area (Å²) >= 11 is 0. The zero-order chi connectivity index (χ0) is 20.5. The van der Waals surface area contributed by atoms with E-state index < -0.39 is 12.1 Å². The number of aromatic nitrogens is 2. The molecule has 1 aromatic carbocycles. The first kappa shape index (κ1) is 19.0. The molecule has 3 atom stereocenters. The average molecular weight is 395 g/mol. The van der Waals surface area contributed by atoms with Gasteiger partial charge in [0.25, 0.3) is 5.56 Å². The van der Waals surface area contributed by atoms with Gasteiger partial charge in [0, 0.05) is 6.54 Å². The number of imide groups is 1. The molecule has 2 aromatic rings. The largest absolute Gasteiger partial charge is 0.454 e. The molecule has 1 aliphatic heterocycles. The second-order valence-corrected chi connectivity index (χ2v) is 7.33. The van der Waals surface area contributed by atoms with Crippen molar-refractivity contribution in [3.63, 3.8) is 0 Å². The number of likely N-dealkylation sites (tertiary alicyclic amines) is 1. The fraction of sp³-hybridized carbons (Fsp3) is 0.381. The zero-order valence-electron chi connectivity index (χ0n) is 16.0. The van der Waals surface area contributed by atoms with Crippen LogP contribution in [0.3, 0.4) is 0 Å². The van der Waals surface area contributed by atoms with Gasteiger partial charge < -0.3 is 9.72 Å². The minimum absolute atomic E-state index is 0.00209. The van der Waals surface area contributed by atoms with Crippen LogP contribution in [0.25, 0.3) is 10.9 Å². The Morgan fingerprint density at radius 2 is 1.83 bits per heavy atom. The van der Waals surface area contributed by atoms with Gasteiger partial charge in [-0.1, -0.05) is 24.3 Å². The van der Waals surface area contributed by atoms with E-state index in [2.05, 4.69) is 9.97 Å². The zero-order valence-corrected chi connectivity index (χ0v) is 16.0. The number of nitrogens with zero attached hydrogens (tertiary/aromatic N) is 2. The molecule has 2 heterocycles. The van der Waals surface area contributed by atoms with Gasteiger partial charge in [-0.15, -0.1) is 0 Å². The summed E-state index contributed by atoms with van der Waals surface area (Å²) in [5.41, 5.74) is 0.205. The van der Waals surface area contributed by atoms with E-state index in [-0.39, 0.29) is 48.0 Å². The summed E-state index contributed by atoms with van der Waals surface area (Å²) in [6.45, 7) is 1.61. The van der Waals surface area contributed by atoms with Crippen molar-refractivity contribution in [3.8, 4) is 0 Å². The first-order chi connectivity index (χ1) is 14.0. The Hall–Kier alpha value is -3.29. The lowest BCUT2D eigenvalue weighted by atomic mass is 9.85. The summed E-state index contributed by atoms with van der Waals surface area (Å²) in [6.07, 6.45) is 4.10. The number of benzene rings is 1. The lowest BCUT2D eigenvalue weighted by Gasteiger charge is -2.16. The van der Waals surface area contributed by atoms with Gasteiger partial charge in [0.05, 0.1) is 29.2 Å². The van der Waals surface area contributed by atoms with Crippen molar-refractivity contribution in [3.05, 3.63) is 52.6 Å². The quantitative estimate of drug-likeness (QED) is 0.470. The summed E-state index contributed by atoms with van der Waals surface area (Å²) in [7, 11) is 0. The van der Waals surface area contributed by atoms with Crippen LogP contribution in [0, 0.1) is 11.8 Å². The number of ether oxygens (including phenoxy) is 1. The van der Waals surface area contributed by atoms with E-state index in [1.807, 2.05) is 12.2 Å². The SMILES string of the molecule is C[C@H](OC(=O)CCN1C(=O)[C@H]2CC=CC[C@@H]2C1=O)c1nc2ccccc2c(=O)[nH]1. The summed E-state index contributed by atoms with van der Waals surface area (Å²) in [5, 5.41) is 0.455. The maximum Gasteiger partial charge on any atom is 0.308 e. The fourth-order valence-electron chi connectivity index (χ4n) is 3.90. The van der Waals surface area contributed by atoms with E-state index in [1.165, 1.54) is 4.90 Å². The molecule has 29 heavy (non-hydrogen) atoms. The highest BCUT2D eigenvalue weighted by molar-refractivity contribution is 6.05. The maximum absolute atomic E-state index is 12.4. The molecule has 2 aliphatic rings. The summed E-state index contributed by atoms with van der Waals surface area (Å²) in [5.74, 6) is -1.38. The fourth-order valence-corrected chi connectivity index (χ4v) is 3.90. The van der Waals surface area contributed by atoms with Crippen molar-refractivity contribution in [2.24, 2.45) is 11.8 Å². The summed E-state index contributed by atoms with van der Waals surface area (Å²) < 4.78 is 5.36. The number of para-hydroxylation sites is 1. The molecule has 0 spiro atoms. The molecule has 2 amide bonds. The van der Waals surface area contributed by atoms with Crippen LogP contribution in [0.15, 0.2) is 41.2 Å². The molecule has 0 bridgehead atoms. The number of hydrogen-bond donors (Lipinski definition) is 1. The Kier molecular flexibility index (Phi) is 5.00. The first-order valence-corrected chi connectivity index (χ1v) is 9.64. The molecule has 1 fully saturated rings. The molecule has 8 nitrogen and oxygen atoms in total. The third-order valence-electron chi connectivity index (χ3n) is 5.46. The Labute approximate surface area is 166 Å². The molecule has 1 saturated heterocycles. The monoisotopic (exact) mass is 395 g/mol. The summed E-state index contributed by atoms with van der Waals surface area (Å²) in [4.78, 5) is 57.4. The van der Waals surface area contributed by atoms with Gasteiger partial charge in [-0.3, -0.25) is 24.1 Å². The number of allylic oxidation sites excluding steroid dienone is 2. The Morgan fingerprint density at radius 3 is 2.52 bits per heavy atom. The van der Waals surface area contributed by atoms with Crippen LogP contribution in [-0.2, 0) is 19.1 Å².